The van der Waals surface area contributed by atoms with E-state index in [1.807, 2.05) is 0 Å². The lowest BCUT2D eigenvalue weighted by Crippen LogP contribution is -2.61. The van der Waals surface area contributed by atoms with Gasteiger partial charge in [0.2, 0.25) is 0 Å². The van der Waals surface area contributed by atoms with Crippen LogP contribution in [0.1, 0.15) is 13.8 Å². The van der Waals surface area contributed by atoms with Crippen molar-refractivity contribution in [2.24, 2.45) is 0 Å². The maximum absolute atomic E-state index is 9.82. The first-order chi connectivity index (χ1) is 10.4. The molecule has 2 atom stereocenters. The molecule has 0 saturated carbocycles. The number of halogens is 2. The first kappa shape index (κ1) is 23.4. The van der Waals surface area contributed by atoms with Crippen molar-refractivity contribution in [1.82, 2.24) is 0 Å². The Morgan fingerprint density at radius 3 is 1.91 bits per heavy atom. The van der Waals surface area contributed by atoms with E-state index >= 15 is 0 Å². The minimum Gasteiger partial charge on any atom is -0.386 e. The minimum atomic E-state index is -0.515. The van der Waals surface area contributed by atoms with Crippen LogP contribution in [0.2, 0.25) is 0 Å². The smallest absolute Gasteiger partial charge is 0.117 e. The summed E-state index contributed by atoms with van der Waals surface area (Å²) in [6.45, 7) is 7.47. The second-order valence-corrected chi connectivity index (χ2v) is 8.81. The summed E-state index contributed by atoms with van der Waals surface area (Å²) in [7, 11) is 8.27. The van der Waals surface area contributed by atoms with Crippen molar-refractivity contribution in [1.29, 1.82) is 0 Å². The van der Waals surface area contributed by atoms with Gasteiger partial charge in [0.15, 0.2) is 0 Å². The molecule has 2 unspecified atom stereocenters. The van der Waals surface area contributed by atoms with Crippen molar-refractivity contribution in [3.05, 3.63) is 0 Å². The summed E-state index contributed by atoms with van der Waals surface area (Å²) in [5.41, 5.74) is -0.139. The number of hydrogen-bond acceptors (Lipinski definition) is 3. The number of quaternary nitrogens is 2. The predicted octanol–water partition coefficient (Wildman–Crippen LogP) is 1.13. The molecule has 0 aromatic carbocycles. The summed E-state index contributed by atoms with van der Waals surface area (Å²) < 4.78 is 7.18. The van der Waals surface area contributed by atoms with Crippen molar-refractivity contribution in [2.45, 2.75) is 31.6 Å². The van der Waals surface area contributed by atoms with E-state index in [4.69, 9.17) is 27.9 Å². The summed E-state index contributed by atoms with van der Waals surface area (Å²) in [5.74, 6) is 0.497. The Labute approximate surface area is 151 Å². The molecule has 23 heavy (non-hydrogen) atoms. The molecule has 0 radical (unpaired) electrons. The summed E-state index contributed by atoms with van der Waals surface area (Å²) in [6, 6.07) is 0. The van der Waals surface area contributed by atoms with Gasteiger partial charge in [0, 0.05) is 0 Å². The van der Waals surface area contributed by atoms with Gasteiger partial charge in [-0.25, -0.2) is 0 Å². The monoisotopic (exact) mass is 374 g/mol. The summed E-state index contributed by atoms with van der Waals surface area (Å²) in [5, 5.41) is 19.5. The number of likely N-dealkylation sites (N-methyl/N-ethyl adjacent to an activating group) is 2. The first-order valence-electron chi connectivity index (χ1n) is 8.08. The van der Waals surface area contributed by atoms with Crippen LogP contribution in [0.3, 0.4) is 0 Å². The lowest BCUT2D eigenvalue weighted by molar-refractivity contribution is -0.941. The van der Waals surface area contributed by atoms with Gasteiger partial charge in [-0.1, -0.05) is 0 Å². The number of hydrogen-bond donors (Lipinski definition) is 2. The number of aliphatic hydroxyl groups excluding tert-OH is 2. The zero-order valence-electron chi connectivity index (χ0n) is 15.6. The molecule has 140 valence electrons. The minimum absolute atomic E-state index is 0.139. The second-order valence-electron chi connectivity index (χ2n) is 8.19. The molecule has 0 fully saturated rings. The Morgan fingerprint density at radius 1 is 0.957 bits per heavy atom. The molecule has 0 bridgehead atoms. The fraction of sp³-hybridized carbons (Fsp3) is 1.00. The maximum Gasteiger partial charge on any atom is 0.117 e. The van der Waals surface area contributed by atoms with Crippen molar-refractivity contribution >= 4 is 23.2 Å². The molecular formula is C16H36Cl2N2O3+2. The van der Waals surface area contributed by atoms with Crippen LogP contribution in [0.15, 0.2) is 0 Å². The highest BCUT2D eigenvalue weighted by molar-refractivity contribution is 6.18. The van der Waals surface area contributed by atoms with E-state index in [9.17, 15) is 10.2 Å². The summed E-state index contributed by atoms with van der Waals surface area (Å²) >= 11 is 11.4. The van der Waals surface area contributed by atoms with E-state index in [1.165, 1.54) is 0 Å². The molecule has 0 heterocycles. The van der Waals surface area contributed by atoms with Gasteiger partial charge in [-0.2, -0.15) is 0 Å². The van der Waals surface area contributed by atoms with E-state index in [1.54, 1.807) is 0 Å². The molecule has 5 nitrogen and oxygen atoms in total. The molecule has 7 heteroatoms. The highest BCUT2D eigenvalue weighted by Crippen LogP contribution is 2.21. The molecule has 0 amide bonds. The molecule has 0 aliphatic heterocycles. The van der Waals surface area contributed by atoms with Crippen molar-refractivity contribution in [3.8, 4) is 0 Å². The second kappa shape index (κ2) is 9.76. The highest BCUT2D eigenvalue weighted by atomic mass is 35.5. The summed E-state index contributed by atoms with van der Waals surface area (Å²) in [6.07, 6.45) is -1.01. The SMILES string of the molecule is CC(C)(COCC[N+](C)(C)CC(O)CCl)[N+](C)(C)CC(O)CCl. The maximum atomic E-state index is 9.82. The molecule has 0 aromatic rings. The number of alkyl halides is 2. The van der Waals surface area contributed by atoms with Gasteiger partial charge in [0.1, 0.15) is 44.0 Å². The molecule has 0 aliphatic carbocycles. The zero-order valence-corrected chi connectivity index (χ0v) is 17.1. The molecule has 0 saturated heterocycles. The van der Waals surface area contributed by atoms with Gasteiger partial charge in [-0.15, -0.1) is 23.2 Å². The average Bonchev–Trinajstić information content (AvgIpc) is 2.42. The standard InChI is InChI=1S/C16H36Cl2N2O3/c1-16(2,20(5,6)12-15(22)10-18)13-23-8-7-19(3,4)11-14(21)9-17/h14-15,21-22H,7-13H2,1-6H3/q+2. The van der Waals surface area contributed by atoms with E-state index in [2.05, 4.69) is 42.0 Å². The van der Waals surface area contributed by atoms with E-state index in [-0.39, 0.29) is 17.3 Å². The van der Waals surface area contributed by atoms with E-state index in [0.29, 0.717) is 35.3 Å². The van der Waals surface area contributed by atoms with Crippen molar-refractivity contribution < 1.29 is 23.9 Å². The number of nitrogens with zero attached hydrogens (tertiary/aromatic N) is 2. The van der Waals surface area contributed by atoms with Crippen LogP contribution in [-0.4, -0.2) is 110 Å². The van der Waals surface area contributed by atoms with Gasteiger partial charge in [-0.3, -0.25) is 0 Å². The Hall–Kier alpha value is 0.380. The number of ether oxygens (including phenoxy) is 1. The van der Waals surface area contributed by atoms with Crippen LogP contribution in [0.4, 0.5) is 0 Å². The van der Waals surface area contributed by atoms with Crippen LogP contribution < -0.4 is 0 Å². The van der Waals surface area contributed by atoms with E-state index in [0.717, 1.165) is 6.54 Å². The fourth-order valence-corrected chi connectivity index (χ4v) is 2.54. The van der Waals surface area contributed by atoms with Crippen LogP contribution in [-0.2, 0) is 4.74 Å². The van der Waals surface area contributed by atoms with Gasteiger partial charge >= 0.3 is 0 Å². The van der Waals surface area contributed by atoms with Crippen LogP contribution in [0, 0.1) is 0 Å². The average molecular weight is 375 g/mol. The Bertz CT molecular complexity index is 339. The number of rotatable bonds is 12. The lowest BCUT2D eigenvalue weighted by Gasteiger charge is -2.45. The molecule has 0 rings (SSSR count). The van der Waals surface area contributed by atoms with Gasteiger partial charge in [0.25, 0.3) is 0 Å². The van der Waals surface area contributed by atoms with E-state index < -0.39 is 12.2 Å². The lowest BCUT2D eigenvalue weighted by atomic mass is 10.0. The van der Waals surface area contributed by atoms with Crippen LogP contribution >= 0.6 is 23.2 Å². The third-order valence-corrected chi connectivity index (χ3v) is 5.38. The largest absolute Gasteiger partial charge is 0.386 e. The third kappa shape index (κ3) is 8.87. The molecule has 2 N–H and O–H groups in total. The van der Waals surface area contributed by atoms with Gasteiger partial charge in [0.05, 0.1) is 46.6 Å². The zero-order chi connectivity index (χ0) is 18.3. The Kier molecular flexibility index (Phi) is 9.92. The van der Waals surface area contributed by atoms with Crippen LogP contribution in [0.25, 0.3) is 0 Å². The quantitative estimate of drug-likeness (QED) is 0.306. The number of aliphatic hydroxyl groups is 2. The molecule has 0 spiro atoms. The van der Waals surface area contributed by atoms with Crippen LogP contribution in [0.5, 0.6) is 0 Å². The van der Waals surface area contributed by atoms with Gasteiger partial charge in [-0.05, 0) is 13.8 Å². The summed E-state index contributed by atoms with van der Waals surface area (Å²) in [4.78, 5) is 0. The Balaban J connectivity index is 4.34. The highest BCUT2D eigenvalue weighted by Gasteiger charge is 2.38. The topological polar surface area (TPSA) is 49.7 Å². The molecule has 0 aromatic heterocycles. The molecule has 0 aliphatic rings. The van der Waals surface area contributed by atoms with Crippen molar-refractivity contribution in [3.63, 3.8) is 0 Å². The first-order valence-corrected chi connectivity index (χ1v) is 9.15. The molecular weight excluding hydrogens is 339 g/mol. The predicted molar refractivity (Wildman–Crippen MR) is 97.2 cm³/mol. The van der Waals surface area contributed by atoms with Crippen molar-refractivity contribution in [2.75, 3.05) is 72.8 Å². The Morgan fingerprint density at radius 2 is 1.43 bits per heavy atom. The fourth-order valence-electron chi connectivity index (χ4n) is 2.34. The normalized spacial score (nSPS) is 16.4. The van der Waals surface area contributed by atoms with Gasteiger partial charge < -0.3 is 23.9 Å². The third-order valence-electron chi connectivity index (χ3n) is 4.66.